The van der Waals surface area contributed by atoms with Crippen LogP contribution in [0.15, 0.2) is 24.5 Å². The number of likely N-dealkylation sites (N-methyl/N-ethyl adjacent to an activating group) is 2. The Morgan fingerprint density at radius 1 is 1.47 bits per heavy atom. The van der Waals surface area contributed by atoms with Crippen LogP contribution in [0.25, 0.3) is 10.4 Å². The number of nitrogens with zero attached hydrogens (tertiary/aromatic N) is 1. The van der Waals surface area contributed by atoms with Crippen LogP contribution in [-0.4, -0.2) is 43.0 Å². The Morgan fingerprint density at radius 2 is 2.26 bits per heavy atom. The average molecular weight is 298 g/mol. The summed E-state index contributed by atoms with van der Waals surface area (Å²) in [5.74, 6) is 0.0102. The summed E-state index contributed by atoms with van der Waals surface area (Å²) >= 11 is 7.41. The van der Waals surface area contributed by atoms with Crippen molar-refractivity contribution in [2.45, 2.75) is 0 Å². The minimum atomic E-state index is 0.0102. The summed E-state index contributed by atoms with van der Waals surface area (Å²) in [6, 6.07) is 3.77. The number of nitrogens with one attached hydrogen (secondary N) is 2. The summed E-state index contributed by atoms with van der Waals surface area (Å²) in [5.41, 5.74) is 1.58. The number of carbonyl (C=O) groups excluding carboxylic acids is 1. The number of hydrogen-bond donors (Lipinski definition) is 2. The summed E-state index contributed by atoms with van der Waals surface area (Å²) in [4.78, 5) is 18.1. The van der Waals surface area contributed by atoms with Gasteiger partial charge in [0.2, 0.25) is 0 Å². The molecular formula is C13H16ClN3OS. The first-order chi connectivity index (χ1) is 9.13. The zero-order chi connectivity index (χ0) is 13.8. The molecule has 0 radical (unpaired) electrons. The molecule has 0 aliphatic heterocycles. The number of hydrogen-bond acceptors (Lipinski definition) is 3. The van der Waals surface area contributed by atoms with Crippen molar-refractivity contribution >= 4 is 28.8 Å². The molecule has 2 aromatic heterocycles. The van der Waals surface area contributed by atoms with Gasteiger partial charge >= 0.3 is 0 Å². The van der Waals surface area contributed by atoms with E-state index in [0.29, 0.717) is 12.1 Å². The van der Waals surface area contributed by atoms with Crippen LogP contribution >= 0.6 is 22.9 Å². The first-order valence-corrected chi connectivity index (χ1v) is 7.15. The molecule has 0 unspecified atom stereocenters. The highest BCUT2D eigenvalue weighted by Crippen LogP contribution is 2.33. The minimum absolute atomic E-state index is 0.0102. The van der Waals surface area contributed by atoms with Gasteiger partial charge in [-0.1, -0.05) is 11.6 Å². The summed E-state index contributed by atoms with van der Waals surface area (Å²) < 4.78 is 0.720. The predicted molar refractivity (Wildman–Crippen MR) is 80.0 cm³/mol. The van der Waals surface area contributed by atoms with E-state index in [4.69, 9.17) is 11.6 Å². The van der Waals surface area contributed by atoms with Crippen LogP contribution in [0.2, 0.25) is 4.34 Å². The van der Waals surface area contributed by atoms with E-state index < -0.39 is 0 Å². The summed E-state index contributed by atoms with van der Waals surface area (Å²) in [6.45, 7) is 1.44. The van der Waals surface area contributed by atoms with Gasteiger partial charge in [0.15, 0.2) is 0 Å². The molecule has 2 N–H and O–H groups in total. The summed E-state index contributed by atoms with van der Waals surface area (Å²) in [7, 11) is 3.67. The van der Waals surface area contributed by atoms with Gasteiger partial charge in [0, 0.05) is 43.0 Å². The van der Waals surface area contributed by atoms with Crippen LogP contribution in [0.1, 0.15) is 10.4 Å². The quantitative estimate of drug-likeness (QED) is 0.891. The number of amides is 1. The van der Waals surface area contributed by atoms with Crippen LogP contribution in [0, 0.1) is 0 Å². The van der Waals surface area contributed by atoms with E-state index in [9.17, 15) is 4.79 Å². The zero-order valence-corrected chi connectivity index (χ0v) is 12.4. The van der Waals surface area contributed by atoms with Gasteiger partial charge in [-0.15, -0.1) is 11.3 Å². The number of rotatable bonds is 5. The van der Waals surface area contributed by atoms with Crippen molar-refractivity contribution in [2.75, 3.05) is 27.2 Å². The van der Waals surface area contributed by atoms with Gasteiger partial charge in [-0.3, -0.25) is 4.79 Å². The standard InChI is InChI=1S/C13H16ClN3OS/c1-15-5-6-17(2)13(18)10-8-16-7-9(10)11-3-4-12(14)19-11/h3-4,7-8,15-16H,5-6H2,1-2H3. The van der Waals surface area contributed by atoms with E-state index in [1.807, 2.05) is 25.4 Å². The van der Waals surface area contributed by atoms with E-state index in [-0.39, 0.29) is 5.91 Å². The van der Waals surface area contributed by atoms with Gasteiger partial charge in [0.25, 0.3) is 5.91 Å². The highest BCUT2D eigenvalue weighted by atomic mass is 35.5. The Labute approximate surface area is 121 Å². The lowest BCUT2D eigenvalue weighted by atomic mass is 10.1. The largest absolute Gasteiger partial charge is 0.366 e. The van der Waals surface area contributed by atoms with Crippen LogP contribution in [0.3, 0.4) is 0 Å². The third-order valence-corrected chi connectivity index (χ3v) is 4.12. The molecule has 0 aliphatic rings. The first-order valence-electron chi connectivity index (χ1n) is 5.96. The molecule has 4 nitrogen and oxygen atoms in total. The normalized spacial score (nSPS) is 10.7. The lowest BCUT2D eigenvalue weighted by molar-refractivity contribution is 0.0798. The fraction of sp³-hybridized carbons (Fsp3) is 0.308. The molecule has 1 amide bonds. The lowest BCUT2D eigenvalue weighted by Gasteiger charge is -2.16. The molecule has 0 saturated heterocycles. The Hall–Kier alpha value is -1.30. The fourth-order valence-electron chi connectivity index (χ4n) is 1.79. The maximum absolute atomic E-state index is 12.4. The monoisotopic (exact) mass is 297 g/mol. The van der Waals surface area contributed by atoms with Crippen LogP contribution in [-0.2, 0) is 0 Å². The second kappa shape index (κ2) is 6.23. The third kappa shape index (κ3) is 3.18. The summed E-state index contributed by atoms with van der Waals surface area (Å²) in [6.07, 6.45) is 3.57. The first kappa shape index (κ1) is 14.1. The SMILES string of the molecule is CNCCN(C)C(=O)c1c[nH]cc1-c1ccc(Cl)s1. The van der Waals surface area contributed by atoms with E-state index in [0.717, 1.165) is 21.3 Å². The van der Waals surface area contributed by atoms with Gasteiger partial charge < -0.3 is 15.2 Å². The van der Waals surface area contributed by atoms with Crippen molar-refractivity contribution in [2.24, 2.45) is 0 Å². The molecule has 0 spiro atoms. The zero-order valence-electron chi connectivity index (χ0n) is 10.9. The van der Waals surface area contributed by atoms with E-state index in [2.05, 4.69) is 10.3 Å². The van der Waals surface area contributed by atoms with Crippen LogP contribution in [0.5, 0.6) is 0 Å². The molecular weight excluding hydrogens is 282 g/mol. The van der Waals surface area contributed by atoms with Crippen molar-refractivity contribution in [3.8, 4) is 10.4 Å². The molecule has 0 saturated carbocycles. The van der Waals surface area contributed by atoms with Gasteiger partial charge in [-0.2, -0.15) is 0 Å². The number of H-pyrrole nitrogens is 1. The number of aromatic amines is 1. The Bertz CT molecular complexity index is 564. The van der Waals surface area contributed by atoms with Crippen molar-refractivity contribution in [1.82, 2.24) is 15.2 Å². The van der Waals surface area contributed by atoms with E-state index in [1.54, 1.807) is 18.1 Å². The van der Waals surface area contributed by atoms with Crippen LogP contribution in [0.4, 0.5) is 0 Å². The van der Waals surface area contributed by atoms with Crippen molar-refractivity contribution in [3.05, 3.63) is 34.4 Å². The highest BCUT2D eigenvalue weighted by Gasteiger charge is 2.18. The number of halogens is 1. The molecule has 0 fully saturated rings. The van der Waals surface area contributed by atoms with Crippen molar-refractivity contribution in [1.29, 1.82) is 0 Å². The Balaban J connectivity index is 2.22. The molecule has 0 atom stereocenters. The maximum Gasteiger partial charge on any atom is 0.255 e. The van der Waals surface area contributed by atoms with Crippen molar-refractivity contribution in [3.63, 3.8) is 0 Å². The Morgan fingerprint density at radius 3 is 2.89 bits per heavy atom. The molecule has 6 heteroatoms. The van der Waals surface area contributed by atoms with E-state index in [1.165, 1.54) is 11.3 Å². The minimum Gasteiger partial charge on any atom is -0.366 e. The molecule has 0 bridgehead atoms. The number of thiophene rings is 1. The van der Waals surface area contributed by atoms with Gasteiger partial charge in [-0.05, 0) is 19.2 Å². The highest BCUT2D eigenvalue weighted by molar-refractivity contribution is 7.19. The maximum atomic E-state index is 12.4. The van der Waals surface area contributed by atoms with Crippen LogP contribution < -0.4 is 5.32 Å². The van der Waals surface area contributed by atoms with Gasteiger partial charge in [0.1, 0.15) is 0 Å². The summed E-state index contributed by atoms with van der Waals surface area (Å²) in [5, 5.41) is 3.03. The topological polar surface area (TPSA) is 48.1 Å². The van der Waals surface area contributed by atoms with E-state index >= 15 is 0 Å². The average Bonchev–Trinajstić information content (AvgIpc) is 3.03. The van der Waals surface area contributed by atoms with Gasteiger partial charge in [-0.25, -0.2) is 0 Å². The number of aromatic nitrogens is 1. The van der Waals surface area contributed by atoms with Gasteiger partial charge in [0.05, 0.1) is 9.90 Å². The Kier molecular flexibility index (Phi) is 4.63. The third-order valence-electron chi connectivity index (χ3n) is 2.86. The molecule has 2 aromatic rings. The predicted octanol–water partition coefficient (Wildman–Crippen LogP) is 2.69. The molecule has 102 valence electrons. The molecule has 0 aromatic carbocycles. The molecule has 0 aliphatic carbocycles. The lowest BCUT2D eigenvalue weighted by Crippen LogP contribution is -2.32. The smallest absolute Gasteiger partial charge is 0.255 e. The second-order valence-electron chi connectivity index (χ2n) is 4.22. The van der Waals surface area contributed by atoms with Crippen molar-refractivity contribution < 1.29 is 4.79 Å². The molecule has 2 rings (SSSR count). The molecule has 2 heterocycles. The fourth-order valence-corrected chi connectivity index (χ4v) is 2.86. The molecule has 19 heavy (non-hydrogen) atoms. The number of carbonyl (C=O) groups is 1. The second-order valence-corrected chi connectivity index (χ2v) is 5.93.